The minimum atomic E-state index is -0.159. The van der Waals surface area contributed by atoms with E-state index < -0.39 is 0 Å². The largest absolute Gasteiger partial charge is 0.352 e. The molecule has 1 fully saturated rings. The summed E-state index contributed by atoms with van der Waals surface area (Å²) in [6.45, 7) is 6.22. The van der Waals surface area contributed by atoms with Crippen molar-refractivity contribution < 1.29 is 14.1 Å². The van der Waals surface area contributed by atoms with E-state index in [2.05, 4.69) is 25.9 Å². The molecule has 2 N–H and O–H groups in total. The Morgan fingerprint density at radius 3 is 2.69 bits per heavy atom. The summed E-state index contributed by atoms with van der Waals surface area (Å²) in [5.41, 5.74) is 0.421. The second kappa shape index (κ2) is 9.19. The Morgan fingerprint density at radius 1 is 1.24 bits per heavy atom. The zero-order valence-corrected chi connectivity index (χ0v) is 17.4. The second-order valence-electron chi connectivity index (χ2n) is 8.64. The van der Waals surface area contributed by atoms with Crippen LogP contribution in [0.1, 0.15) is 71.0 Å². The van der Waals surface area contributed by atoms with Crippen LogP contribution in [0.3, 0.4) is 0 Å². The van der Waals surface area contributed by atoms with E-state index in [4.69, 9.17) is 4.52 Å². The molecule has 1 aliphatic rings. The molecule has 0 spiro atoms. The van der Waals surface area contributed by atoms with Gasteiger partial charge in [-0.15, -0.1) is 0 Å². The lowest BCUT2D eigenvalue weighted by molar-refractivity contribution is -0.122. The van der Waals surface area contributed by atoms with E-state index in [1.54, 1.807) is 12.4 Å². The second-order valence-corrected chi connectivity index (χ2v) is 8.64. The molecule has 9 nitrogen and oxygen atoms in total. The van der Waals surface area contributed by atoms with Crippen LogP contribution >= 0.6 is 0 Å². The molecule has 2 aromatic heterocycles. The van der Waals surface area contributed by atoms with E-state index in [-0.39, 0.29) is 29.8 Å². The first kappa shape index (κ1) is 21.0. The molecule has 1 saturated carbocycles. The highest BCUT2D eigenvalue weighted by atomic mass is 16.5. The molecule has 0 aliphatic heterocycles. The average Bonchev–Trinajstić information content (AvgIpc) is 3.37. The molecule has 2 aromatic rings. The lowest BCUT2D eigenvalue weighted by atomic mass is 9.96. The predicted molar refractivity (Wildman–Crippen MR) is 107 cm³/mol. The van der Waals surface area contributed by atoms with Gasteiger partial charge in [0, 0.05) is 30.5 Å². The third-order valence-corrected chi connectivity index (χ3v) is 4.88. The van der Waals surface area contributed by atoms with Crippen molar-refractivity contribution in [2.45, 2.75) is 83.7 Å². The summed E-state index contributed by atoms with van der Waals surface area (Å²) >= 11 is 0. The SMILES string of the molecule is CC(C)(C)c1noc(CCCC(=O)Nc2cnn(CC(=O)NC3CCCC3)c2)n1. The van der Waals surface area contributed by atoms with Gasteiger partial charge < -0.3 is 15.2 Å². The van der Waals surface area contributed by atoms with Gasteiger partial charge in [0.05, 0.1) is 11.9 Å². The van der Waals surface area contributed by atoms with Crippen LogP contribution in [0.4, 0.5) is 5.69 Å². The summed E-state index contributed by atoms with van der Waals surface area (Å²) < 4.78 is 6.77. The quantitative estimate of drug-likeness (QED) is 0.701. The van der Waals surface area contributed by atoms with Crippen LogP contribution in [0, 0.1) is 0 Å². The lowest BCUT2D eigenvalue weighted by Crippen LogP contribution is -2.35. The summed E-state index contributed by atoms with van der Waals surface area (Å²) in [4.78, 5) is 28.6. The Morgan fingerprint density at radius 2 is 2.00 bits per heavy atom. The van der Waals surface area contributed by atoms with Crippen molar-refractivity contribution in [1.82, 2.24) is 25.2 Å². The van der Waals surface area contributed by atoms with Crippen molar-refractivity contribution in [1.29, 1.82) is 0 Å². The highest BCUT2D eigenvalue weighted by Gasteiger charge is 2.21. The summed E-state index contributed by atoms with van der Waals surface area (Å²) in [6.07, 6.45) is 9.15. The number of carbonyl (C=O) groups is 2. The molecule has 0 atom stereocenters. The van der Waals surface area contributed by atoms with Gasteiger partial charge in [0.25, 0.3) is 0 Å². The molecule has 1 aliphatic carbocycles. The topological polar surface area (TPSA) is 115 Å². The van der Waals surface area contributed by atoms with Crippen molar-refractivity contribution in [2.24, 2.45) is 0 Å². The van der Waals surface area contributed by atoms with Gasteiger partial charge in [-0.2, -0.15) is 10.1 Å². The standard InChI is InChI=1S/C20H30N6O3/c1-20(2,3)19-24-18(29-25-19)10-6-9-16(27)23-15-11-21-26(12-15)13-17(28)22-14-7-4-5-8-14/h11-12,14H,4-10,13H2,1-3H3,(H,22,28)(H,23,27). The fourth-order valence-corrected chi connectivity index (χ4v) is 3.29. The monoisotopic (exact) mass is 402 g/mol. The number of carbonyl (C=O) groups excluding carboxylic acids is 2. The van der Waals surface area contributed by atoms with Gasteiger partial charge in [-0.1, -0.05) is 38.8 Å². The zero-order chi connectivity index (χ0) is 20.9. The normalized spacial score (nSPS) is 14.9. The first-order valence-corrected chi connectivity index (χ1v) is 10.2. The smallest absolute Gasteiger partial charge is 0.241 e. The average molecular weight is 402 g/mol. The van der Waals surface area contributed by atoms with Crippen LogP contribution in [-0.4, -0.2) is 37.8 Å². The van der Waals surface area contributed by atoms with Gasteiger partial charge >= 0.3 is 0 Å². The summed E-state index contributed by atoms with van der Waals surface area (Å²) in [5.74, 6) is 1.05. The molecule has 0 radical (unpaired) electrons. The van der Waals surface area contributed by atoms with Crippen molar-refractivity contribution in [2.75, 3.05) is 5.32 Å². The highest BCUT2D eigenvalue weighted by molar-refractivity contribution is 5.90. The number of aromatic nitrogens is 4. The van der Waals surface area contributed by atoms with Crippen LogP contribution in [0.25, 0.3) is 0 Å². The molecule has 2 heterocycles. The van der Waals surface area contributed by atoms with Crippen molar-refractivity contribution in [3.8, 4) is 0 Å². The van der Waals surface area contributed by atoms with E-state index >= 15 is 0 Å². The molecular formula is C20H30N6O3. The fourth-order valence-electron chi connectivity index (χ4n) is 3.29. The molecule has 0 unspecified atom stereocenters. The van der Waals surface area contributed by atoms with E-state index in [1.807, 2.05) is 20.8 Å². The van der Waals surface area contributed by atoms with E-state index in [0.717, 1.165) is 12.8 Å². The number of rotatable bonds is 8. The fraction of sp³-hybridized carbons (Fsp3) is 0.650. The summed E-state index contributed by atoms with van der Waals surface area (Å²) in [6, 6.07) is 0.288. The third-order valence-electron chi connectivity index (χ3n) is 4.88. The van der Waals surface area contributed by atoms with Crippen molar-refractivity contribution in [3.05, 3.63) is 24.1 Å². The number of nitrogens with one attached hydrogen (secondary N) is 2. The Bertz CT molecular complexity index is 829. The van der Waals surface area contributed by atoms with E-state index in [0.29, 0.717) is 36.7 Å². The van der Waals surface area contributed by atoms with Crippen molar-refractivity contribution in [3.63, 3.8) is 0 Å². The van der Waals surface area contributed by atoms with Crippen LogP contribution in [-0.2, 0) is 28.0 Å². The summed E-state index contributed by atoms with van der Waals surface area (Å²) in [5, 5.41) is 14.0. The molecule has 9 heteroatoms. The number of hydrogen-bond donors (Lipinski definition) is 2. The Kier molecular flexibility index (Phi) is 6.66. The van der Waals surface area contributed by atoms with Crippen LogP contribution in [0.5, 0.6) is 0 Å². The Labute approximate surface area is 170 Å². The minimum absolute atomic E-state index is 0.0490. The predicted octanol–water partition coefficient (Wildman–Crippen LogP) is 2.58. The van der Waals surface area contributed by atoms with E-state index in [1.165, 1.54) is 17.5 Å². The van der Waals surface area contributed by atoms with E-state index in [9.17, 15) is 9.59 Å². The van der Waals surface area contributed by atoms with Gasteiger partial charge in [-0.25, -0.2) is 0 Å². The molecule has 3 rings (SSSR count). The lowest BCUT2D eigenvalue weighted by Gasteiger charge is -2.11. The molecule has 0 aromatic carbocycles. The highest BCUT2D eigenvalue weighted by Crippen LogP contribution is 2.19. The van der Waals surface area contributed by atoms with Crippen LogP contribution in [0.15, 0.2) is 16.9 Å². The van der Waals surface area contributed by atoms with Gasteiger partial charge in [-0.05, 0) is 19.3 Å². The molecule has 158 valence electrons. The number of hydrogen-bond acceptors (Lipinski definition) is 6. The van der Waals surface area contributed by atoms with Crippen LogP contribution in [0.2, 0.25) is 0 Å². The first-order valence-electron chi connectivity index (χ1n) is 10.2. The molecule has 0 bridgehead atoms. The van der Waals surface area contributed by atoms with Crippen LogP contribution < -0.4 is 10.6 Å². The number of anilines is 1. The Balaban J connectivity index is 1.38. The number of nitrogens with zero attached hydrogens (tertiary/aromatic N) is 4. The zero-order valence-electron chi connectivity index (χ0n) is 17.4. The molecular weight excluding hydrogens is 372 g/mol. The molecule has 0 saturated heterocycles. The van der Waals surface area contributed by atoms with Gasteiger partial charge in [-0.3, -0.25) is 14.3 Å². The van der Waals surface area contributed by atoms with Crippen molar-refractivity contribution >= 4 is 17.5 Å². The maximum atomic E-state index is 12.1. The maximum Gasteiger partial charge on any atom is 0.241 e. The molecule has 2 amide bonds. The van der Waals surface area contributed by atoms with Gasteiger partial charge in [0.1, 0.15) is 6.54 Å². The third kappa shape index (κ3) is 6.40. The van der Waals surface area contributed by atoms with Gasteiger partial charge in [0.15, 0.2) is 5.82 Å². The Hall–Kier alpha value is -2.71. The number of amides is 2. The minimum Gasteiger partial charge on any atom is -0.352 e. The summed E-state index contributed by atoms with van der Waals surface area (Å²) in [7, 11) is 0. The maximum absolute atomic E-state index is 12.1. The first-order chi connectivity index (χ1) is 13.8. The van der Waals surface area contributed by atoms with Gasteiger partial charge in [0.2, 0.25) is 17.7 Å². The number of aryl methyl sites for hydroxylation is 1. The molecule has 29 heavy (non-hydrogen) atoms.